The number of rotatable bonds is 2. The number of hydrogen-bond acceptors (Lipinski definition) is 0. The molecule has 1 nitrogen and oxygen atoms in total. The second-order valence-corrected chi connectivity index (χ2v) is 10.5. The molecule has 8 aromatic rings. The van der Waals surface area contributed by atoms with Gasteiger partial charge in [-0.25, -0.2) is 0 Å². The van der Waals surface area contributed by atoms with E-state index in [1.54, 1.807) is 0 Å². The van der Waals surface area contributed by atoms with Crippen LogP contribution in [0.3, 0.4) is 0 Å². The van der Waals surface area contributed by atoms with Gasteiger partial charge in [-0.2, -0.15) is 0 Å². The summed E-state index contributed by atoms with van der Waals surface area (Å²) in [7, 11) is 0. The number of aromatic nitrogens is 1. The Bertz CT molecular complexity index is 2260. The van der Waals surface area contributed by atoms with Gasteiger partial charge in [0.25, 0.3) is 0 Å². The van der Waals surface area contributed by atoms with Crippen molar-refractivity contribution in [2.45, 2.75) is 0 Å². The lowest BCUT2D eigenvalue weighted by molar-refractivity contribution is 1.18. The lowest BCUT2D eigenvalue weighted by Crippen LogP contribution is -1.93. The molecule has 0 saturated heterocycles. The lowest BCUT2D eigenvalue weighted by Gasteiger charge is -2.11. The molecule has 1 heterocycles. The van der Waals surface area contributed by atoms with E-state index in [-0.39, 0.29) is 0 Å². The molecular weight excluding hydrogens is 470 g/mol. The molecule has 0 aliphatic heterocycles. The molecule has 0 fully saturated rings. The van der Waals surface area contributed by atoms with Crippen LogP contribution in [0.5, 0.6) is 0 Å². The van der Waals surface area contributed by atoms with E-state index in [0.29, 0.717) is 0 Å². The van der Waals surface area contributed by atoms with E-state index in [4.69, 9.17) is 0 Å². The van der Waals surface area contributed by atoms with E-state index in [1.807, 2.05) is 0 Å². The fraction of sp³-hybridized carbons (Fsp3) is 0. The highest BCUT2D eigenvalue weighted by atomic mass is 15.0. The average molecular weight is 494 g/mol. The first-order chi connectivity index (χ1) is 19.3. The van der Waals surface area contributed by atoms with Crippen molar-refractivity contribution in [1.82, 2.24) is 4.57 Å². The minimum atomic E-state index is 1.18. The van der Waals surface area contributed by atoms with Gasteiger partial charge >= 0.3 is 0 Å². The Morgan fingerprint density at radius 1 is 0.359 bits per heavy atom. The topological polar surface area (TPSA) is 4.93 Å². The van der Waals surface area contributed by atoms with Gasteiger partial charge in [-0.3, -0.25) is 0 Å². The second-order valence-electron chi connectivity index (χ2n) is 10.5. The van der Waals surface area contributed by atoms with E-state index in [9.17, 15) is 0 Å². The first-order valence-electron chi connectivity index (χ1n) is 13.5. The van der Waals surface area contributed by atoms with Crippen LogP contribution in [0.15, 0.2) is 140 Å². The van der Waals surface area contributed by atoms with Gasteiger partial charge in [0.2, 0.25) is 0 Å². The molecule has 1 aromatic heterocycles. The molecule has 1 heteroatoms. The predicted octanol–water partition coefficient (Wildman–Crippen LogP) is 10.4. The molecule has 0 spiro atoms. The molecule has 0 radical (unpaired) electrons. The molecule has 0 N–H and O–H groups in total. The molecule has 180 valence electrons. The summed E-state index contributed by atoms with van der Waals surface area (Å²) in [5.74, 6) is 0. The SMILES string of the molecule is c1cc2c3c(cccc3c1)-c1cc(-c3ccc(-n4c5ccccc5c5c6ccccc6ccc54)cc3)ccc1-2. The Labute approximate surface area is 226 Å². The van der Waals surface area contributed by atoms with E-state index in [2.05, 4.69) is 144 Å². The van der Waals surface area contributed by atoms with Crippen molar-refractivity contribution >= 4 is 43.4 Å². The molecule has 0 amide bonds. The van der Waals surface area contributed by atoms with E-state index in [0.717, 1.165) is 0 Å². The van der Waals surface area contributed by atoms with Gasteiger partial charge in [0.1, 0.15) is 0 Å². The van der Waals surface area contributed by atoms with Crippen LogP contribution in [-0.4, -0.2) is 4.57 Å². The standard InChI is InChI=1S/C38H23N/c1-2-10-29-25(7-1)18-22-36-38(29)33-11-3-4-14-35(33)39(36)28-19-15-24(16-20-28)27-17-21-30-31-12-5-8-26-9-6-13-32(37(26)31)34(30)23-27/h1-23H. The molecule has 0 unspecified atom stereocenters. The molecule has 0 saturated carbocycles. The minimum absolute atomic E-state index is 1.18. The maximum Gasteiger partial charge on any atom is 0.0547 e. The van der Waals surface area contributed by atoms with Gasteiger partial charge in [0.05, 0.1) is 11.0 Å². The molecule has 7 aromatic carbocycles. The van der Waals surface area contributed by atoms with E-state index >= 15 is 0 Å². The predicted molar refractivity (Wildman–Crippen MR) is 166 cm³/mol. The van der Waals surface area contributed by atoms with Gasteiger partial charge < -0.3 is 4.57 Å². The molecule has 9 rings (SSSR count). The zero-order chi connectivity index (χ0) is 25.5. The largest absolute Gasteiger partial charge is 0.309 e. The van der Waals surface area contributed by atoms with Crippen LogP contribution in [0.25, 0.3) is 82.4 Å². The Morgan fingerprint density at radius 3 is 1.90 bits per heavy atom. The fourth-order valence-corrected chi connectivity index (χ4v) is 6.79. The highest BCUT2D eigenvalue weighted by Crippen LogP contribution is 2.48. The van der Waals surface area contributed by atoms with Gasteiger partial charge in [-0.15, -0.1) is 0 Å². The molecular formula is C38H23N. The van der Waals surface area contributed by atoms with Crippen molar-refractivity contribution in [2.24, 2.45) is 0 Å². The Balaban J connectivity index is 1.20. The highest BCUT2D eigenvalue weighted by Gasteiger charge is 2.21. The molecule has 1 aliphatic rings. The summed E-state index contributed by atoms with van der Waals surface area (Å²) in [6.07, 6.45) is 0. The van der Waals surface area contributed by atoms with Gasteiger partial charge in [-0.05, 0) is 85.3 Å². The number of fused-ring (bicyclic) bond motifs is 8. The van der Waals surface area contributed by atoms with Crippen LogP contribution >= 0.6 is 0 Å². The summed E-state index contributed by atoms with van der Waals surface area (Å²) >= 11 is 0. The summed E-state index contributed by atoms with van der Waals surface area (Å²) in [4.78, 5) is 0. The fourth-order valence-electron chi connectivity index (χ4n) is 6.79. The number of hydrogen-bond donors (Lipinski definition) is 0. The van der Waals surface area contributed by atoms with Crippen molar-refractivity contribution in [2.75, 3.05) is 0 Å². The molecule has 1 aliphatic carbocycles. The summed E-state index contributed by atoms with van der Waals surface area (Å²) < 4.78 is 2.40. The number of nitrogens with zero attached hydrogens (tertiary/aromatic N) is 1. The van der Waals surface area contributed by atoms with Gasteiger partial charge in [0, 0.05) is 16.5 Å². The monoisotopic (exact) mass is 493 g/mol. The van der Waals surface area contributed by atoms with Crippen LogP contribution < -0.4 is 0 Å². The Kier molecular flexibility index (Phi) is 4.11. The van der Waals surface area contributed by atoms with Crippen LogP contribution in [0.2, 0.25) is 0 Å². The smallest absolute Gasteiger partial charge is 0.0547 e. The third-order valence-corrected chi connectivity index (χ3v) is 8.53. The normalized spacial score (nSPS) is 12.1. The van der Waals surface area contributed by atoms with Crippen LogP contribution in [-0.2, 0) is 0 Å². The number of para-hydroxylation sites is 1. The molecule has 0 bridgehead atoms. The Morgan fingerprint density at radius 2 is 1.05 bits per heavy atom. The van der Waals surface area contributed by atoms with Crippen molar-refractivity contribution in [3.05, 3.63) is 140 Å². The van der Waals surface area contributed by atoms with Crippen molar-refractivity contribution in [1.29, 1.82) is 0 Å². The van der Waals surface area contributed by atoms with Gasteiger partial charge in [0.15, 0.2) is 0 Å². The highest BCUT2D eigenvalue weighted by molar-refractivity contribution is 6.21. The van der Waals surface area contributed by atoms with Gasteiger partial charge in [-0.1, -0.05) is 109 Å². The van der Waals surface area contributed by atoms with E-state index in [1.165, 1.54) is 82.4 Å². The Hall–Kier alpha value is -5.14. The zero-order valence-corrected chi connectivity index (χ0v) is 21.2. The van der Waals surface area contributed by atoms with Crippen molar-refractivity contribution in [3.63, 3.8) is 0 Å². The molecule has 0 atom stereocenters. The zero-order valence-electron chi connectivity index (χ0n) is 21.2. The van der Waals surface area contributed by atoms with Crippen molar-refractivity contribution < 1.29 is 0 Å². The van der Waals surface area contributed by atoms with Crippen LogP contribution in [0.1, 0.15) is 0 Å². The van der Waals surface area contributed by atoms with Crippen molar-refractivity contribution in [3.8, 4) is 39.1 Å². The van der Waals surface area contributed by atoms with Crippen LogP contribution in [0.4, 0.5) is 0 Å². The molecule has 39 heavy (non-hydrogen) atoms. The summed E-state index contributed by atoms with van der Waals surface area (Å²) in [6, 6.07) is 51.2. The first kappa shape index (κ1) is 20.9. The third-order valence-electron chi connectivity index (χ3n) is 8.53. The summed E-state index contributed by atoms with van der Waals surface area (Å²) in [5, 5.41) is 7.88. The first-order valence-corrected chi connectivity index (χ1v) is 13.5. The number of benzene rings is 7. The third kappa shape index (κ3) is 2.85. The average Bonchev–Trinajstić information content (AvgIpc) is 3.52. The second kappa shape index (κ2) is 7.69. The maximum atomic E-state index is 2.40. The quantitative estimate of drug-likeness (QED) is 0.226. The summed E-state index contributed by atoms with van der Waals surface area (Å²) in [6.45, 7) is 0. The lowest BCUT2D eigenvalue weighted by atomic mass is 9.97. The minimum Gasteiger partial charge on any atom is -0.309 e. The van der Waals surface area contributed by atoms with E-state index < -0.39 is 0 Å². The maximum absolute atomic E-state index is 2.40. The summed E-state index contributed by atoms with van der Waals surface area (Å²) in [5.41, 5.74) is 11.5. The van der Waals surface area contributed by atoms with Crippen LogP contribution in [0, 0.1) is 0 Å².